The molecule has 6 heteroatoms. The normalized spacial score (nSPS) is 19.8. The van der Waals surface area contributed by atoms with Crippen LogP contribution in [0.15, 0.2) is 16.7 Å². The van der Waals surface area contributed by atoms with Crippen LogP contribution in [0.25, 0.3) is 0 Å². The molecule has 6 nitrogen and oxygen atoms in total. The van der Waals surface area contributed by atoms with Crippen molar-refractivity contribution in [1.29, 1.82) is 0 Å². The number of hydrogen-bond acceptors (Lipinski definition) is 4. The predicted molar refractivity (Wildman–Crippen MR) is 59.6 cm³/mol. The summed E-state index contributed by atoms with van der Waals surface area (Å²) in [4.78, 5) is 24.7. The summed E-state index contributed by atoms with van der Waals surface area (Å²) in [6.45, 7) is 3.04. The fourth-order valence-corrected chi connectivity index (χ4v) is 2.04. The fourth-order valence-electron chi connectivity index (χ4n) is 2.04. The lowest BCUT2D eigenvalue weighted by Crippen LogP contribution is -2.31. The molecule has 17 heavy (non-hydrogen) atoms. The van der Waals surface area contributed by atoms with E-state index >= 15 is 0 Å². The van der Waals surface area contributed by atoms with Crippen molar-refractivity contribution in [3.05, 3.63) is 23.7 Å². The molecule has 0 aromatic carbocycles. The van der Waals surface area contributed by atoms with Gasteiger partial charge < -0.3 is 9.32 Å². The van der Waals surface area contributed by atoms with E-state index in [1.165, 1.54) is 6.26 Å². The molecule has 1 aliphatic heterocycles. The van der Waals surface area contributed by atoms with Crippen molar-refractivity contribution in [3.63, 3.8) is 0 Å². The van der Waals surface area contributed by atoms with Crippen molar-refractivity contribution in [2.24, 2.45) is 11.8 Å². The van der Waals surface area contributed by atoms with E-state index in [1.54, 1.807) is 11.0 Å². The average Bonchev–Trinajstić information content (AvgIpc) is 2.86. The van der Waals surface area contributed by atoms with Gasteiger partial charge in [-0.25, -0.2) is 5.84 Å². The average molecular weight is 237 g/mol. The molecule has 0 spiro atoms. The monoisotopic (exact) mass is 237 g/mol. The minimum absolute atomic E-state index is 0.0907. The molecule has 2 rings (SSSR count). The number of nitrogens with two attached hydrogens (primary N) is 1. The zero-order valence-electron chi connectivity index (χ0n) is 9.60. The van der Waals surface area contributed by atoms with Crippen LogP contribution in [0.1, 0.15) is 29.5 Å². The van der Waals surface area contributed by atoms with Gasteiger partial charge in [-0.3, -0.25) is 15.0 Å². The summed E-state index contributed by atoms with van der Waals surface area (Å²) in [6.07, 6.45) is 1.98. The number of nitrogen functional groups attached to an aromatic ring is 1. The van der Waals surface area contributed by atoms with Crippen LogP contribution in [0.5, 0.6) is 0 Å². The molecule has 1 aromatic heterocycles. The highest BCUT2D eigenvalue weighted by atomic mass is 16.3. The van der Waals surface area contributed by atoms with Gasteiger partial charge in [-0.1, -0.05) is 6.92 Å². The van der Waals surface area contributed by atoms with Crippen molar-refractivity contribution in [2.75, 3.05) is 6.54 Å². The number of hydrazine groups is 1. The Kier molecular flexibility index (Phi) is 3.14. The number of likely N-dealkylation sites (tertiary alicyclic amines) is 1. The van der Waals surface area contributed by atoms with Gasteiger partial charge in [-0.05, 0) is 12.0 Å². The number of nitrogens with zero attached hydrogens (tertiary/aromatic N) is 1. The summed E-state index contributed by atoms with van der Waals surface area (Å²) < 4.78 is 5.22. The van der Waals surface area contributed by atoms with E-state index in [0.717, 1.165) is 0 Å². The first kappa shape index (κ1) is 11.7. The molecular formula is C11H15N3O3. The lowest BCUT2D eigenvalue weighted by atomic mass is 10.2. The molecular weight excluding hydrogens is 222 g/mol. The summed E-state index contributed by atoms with van der Waals surface area (Å²) in [7, 11) is 0. The van der Waals surface area contributed by atoms with Gasteiger partial charge in [0.25, 0.3) is 5.91 Å². The van der Waals surface area contributed by atoms with Gasteiger partial charge in [0.05, 0.1) is 18.4 Å². The molecule has 0 aliphatic carbocycles. The Morgan fingerprint density at radius 3 is 3.06 bits per heavy atom. The van der Waals surface area contributed by atoms with Crippen LogP contribution in [0.2, 0.25) is 0 Å². The maximum atomic E-state index is 11.6. The van der Waals surface area contributed by atoms with Crippen LogP contribution in [-0.2, 0) is 11.3 Å². The summed E-state index contributed by atoms with van der Waals surface area (Å²) in [5, 5.41) is 0. The summed E-state index contributed by atoms with van der Waals surface area (Å²) in [5.74, 6) is 5.57. The Balaban J connectivity index is 2.11. The number of rotatable bonds is 3. The van der Waals surface area contributed by atoms with Crippen LogP contribution in [0, 0.1) is 5.92 Å². The summed E-state index contributed by atoms with van der Waals surface area (Å²) in [5.41, 5.74) is 2.43. The van der Waals surface area contributed by atoms with Crippen LogP contribution >= 0.6 is 0 Å². The number of hydrogen-bond donors (Lipinski definition) is 2. The van der Waals surface area contributed by atoms with Crippen molar-refractivity contribution in [3.8, 4) is 0 Å². The number of amides is 2. The first-order valence-corrected chi connectivity index (χ1v) is 5.47. The molecule has 0 bridgehead atoms. The van der Waals surface area contributed by atoms with Gasteiger partial charge in [-0.2, -0.15) is 0 Å². The lowest BCUT2D eigenvalue weighted by Gasteiger charge is -2.14. The number of furan rings is 1. The van der Waals surface area contributed by atoms with Crippen LogP contribution < -0.4 is 11.3 Å². The van der Waals surface area contributed by atoms with E-state index in [0.29, 0.717) is 36.8 Å². The third kappa shape index (κ3) is 2.31. The second-order valence-corrected chi connectivity index (χ2v) is 4.31. The van der Waals surface area contributed by atoms with E-state index in [9.17, 15) is 9.59 Å². The maximum absolute atomic E-state index is 11.6. The third-order valence-electron chi connectivity index (χ3n) is 2.86. The Labute approximate surface area is 98.7 Å². The molecule has 0 radical (unpaired) electrons. The van der Waals surface area contributed by atoms with Gasteiger partial charge >= 0.3 is 0 Å². The minimum Gasteiger partial charge on any atom is -0.467 e. The quantitative estimate of drug-likeness (QED) is 0.448. The second-order valence-electron chi connectivity index (χ2n) is 4.31. The first-order valence-electron chi connectivity index (χ1n) is 5.47. The number of nitrogens with one attached hydrogen (secondary N) is 1. The second kappa shape index (κ2) is 4.58. The molecule has 2 heterocycles. The van der Waals surface area contributed by atoms with E-state index < -0.39 is 5.91 Å². The van der Waals surface area contributed by atoms with Crippen LogP contribution in [-0.4, -0.2) is 23.3 Å². The van der Waals surface area contributed by atoms with Gasteiger partial charge in [0.1, 0.15) is 5.76 Å². The molecule has 92 valence electrons. The largest absolute Gasteiger partial charge is 0.467 e. The first-order chi connectivity index (χ1) is 8.11. The molecule has 1 saturated heterocycles. The van der Waals surface area contributed by atoms with E-state index in [-0.39, 0.29) is 5.91 Å². The Hall–Kier alpha value is -1.82. The van der Waals surface area contributed by atoms with Crippen LogP contribution in [0.4, 0.5) is 0 Å². The standard InChI is InChI=1S/C11H15N3O3/c1-7-4-10(15)14(5-7)6-9-8(2-3-17-9)11(16)13-12/h2-3,7H,4-6,12H2,1H3,(H,13,16). The zero-order valence-corrected chi connectivity index (χ0v) is 9.60. The Morgan fingerprint density at radius 2 is 2.47 bits per heavy atom. The van der Waals surface area contributed by atoms with Crippen molar-refractivity contribution in [1.82, 2.24) is 10.3 Å². The van der Waals surface area contributed by atoms with Crippen LogP contribution in [0.3, 0.4) is 0 Å². The highest BCUT2D eigenvalue weighted by Gasteiger charge is 2.28. The van der Waals surface area contributed by atoms with Gasteiger partial charge in [0.15, 0.2) is 0 Å². The van der Waals surface area contributed by atoms with E-state index in [2.05, 4.69) is 5.43 Å². The molecule has 2 amide bonds. The topological polar surface area (TPSA) is 88.6 Å². The summed E-state index contributed by atoms with van der Waals surface area (Å²) >= 11 is 0. The Bertz CT molecular complexity index is 441. The van der Waals surface area contributed by atoms with E-state index in [1.807, 2.05) is 6.92 Å². The molecule has 1 aliphatic rings. The SMILES string of the molecule is CC1CC(=O)N(Cc2occc2C(=O)NN)C1. The molecule has 1 unspecified atom stereocenters. The molecule has 0 saturated carbocycles. The summed E-state index contributed by atoms with van der Waals surface area (Å²) in [6, 6.07) is 1.54. The highest BCUT2D eigenvalue weighted by Crippen LogP contribution is 2.21. The van der Waals surface area contributed by atoms with Crippen molar-refractivity contribution >= 4 is 11.8 Å². The smallest absolute Gasteiger partial charge is 0.268 e. The number of carbonyl (C=O) groups excluding carboxylic acids is 2. The molecule has 1 fully saturated rings. The van der Waals surface area contributed by atoms with Gasteiger partial charge in [0.2, 0.25) is 5.91 Å². The predicted octanol–water partition coefficient (Wildman–Crippen LogP) is 0.252. The number of carbonyl (C=O) groups is 2. The fraction of sp³-hybridized carbons (Fsp3) is 0.455. The van der Waals surface area contributed by atoms with Crippen molar-refractivity contribution < 1.29 is 14.0 Å². The lowest BCUT2D eigenvalue weighted by molar-refractivity contribution is -0.128. The molecule has 1 aromatic rings. The van der Waals surface area contributed by atoms with Gasteiger partial charge in [0, 0.05) is 13.0 Å². The minimum atomic E-state index is -0.409. The molecule has 3 N–H and O–H groups in total. The van der Waals surface area contributed by atoms with Crippen molar-refractivity contribution in [2.45, 2.75) is 19.9 Å². The maximum Gasteiger partial charge on any atom is 0.268 e. The third-order valence-corrected chi connectivity index (χ3v) is 2.86. The van der Waals surface area contributed by atoms with E-state index in [4.69, 9.17) is 10.3 Å². The highest BCUT2D eigenvalue weighted by molar-refractivity contribution is 5.94. The zero-order chi connectivity index (χ0) is 12.4. The Morgan fingerprint density at radius 1 is 1.71 bits per heavy atom. The van der Waals surface area contributed by atoms with Gasteiger partial charge in [-0.15, -0.1) is 0 Å². The molecule has 1 atom stereocenters.